The molecule has 8 nitrogen and oxygen atoms in total. The lowest BCUT2D eigenvalue weighted by Crippen LogP contribution is -2.37. The number of carbonyl (C=O) groups is 1. The zero-order valence-corrected chi connectivity index (χ0v) is 20.4. The zero-order chi connectivity index (χ0) is 24.9. The molecule has 0 fully saturated rings. The van der Waals surface area contributed by atoms with E-state index in [1.165, 1.54) is 24.1 Å². The van der Waals surface area contributed by atoms with Gasteiger partial charge in [-0.2, -0.15) is 0 Å². The largest absolute Gasteiger partial charge is 0.489 e. The maximum atomic E-state index is 13.3. The van der Waals surface area contributed by atoms with Crippen LogP contribution >= 0.6 is 11.6 Å². The molecule has 2 heterocycles. The predicted octanol–water partition coefficient (Wildman–Crippen LogP) is 4.47. The second kappa shape index (κ2) is 10.6. The van der Waals surface area contributed by atoms with Gasteiger partial charge in [0.05, 0.1) is 19.3 Å². The zero-order valence-electron chi connectivity index (χ0n) is 19.6. The molecule has 1 unspecified atom stereocenters. The molecule has 0 radical (unpaired) electrons. The summed E-state index contributed by atoms with van der Waals surface area (Å²) in [6.07, 6.45) is 2.80. The van der Waals surface area contributed by atoms with Crippen LogP contribution in [0, 0.1) is 0 Å². The Morgan fingerprint density at radius 3 is 2.51 bits per heavy atom. The van der Waals surface area contributed by atoms with Crippen LogP contribution in [-0.4, -0.2) is 34.1 Å². The van der Waals surface area contributed by atoms with E-state index < -0.39 is 5.56 Å². The quantitative estimate of drug-likeness (QED) is 0.318. The van der Waals surface area contributed by atoms with Gasteiger partial charge in [0.2, 0.25) is 11.7 Å². The summed E-state index contributed by atoms with van der Waals surface area (Å²) >= 11 is 6.63. The lowest BCUT2D eigenvalue weighted by Gasteiger charge is -2.34. The fourth-order valence-corrected chi connectivity index (χ4v) is 4.32. The standard InChI is InChI=1S/C26H25ClN4O4/c1-4-31(23(18-10-6-5-7-11-18)19-12-8-9-13-20(19)27)26-29-22(24(34-3)25(33)30(26)2)21(32)14-17-15-28-35-16-17/h5-13,15-16,23H,4,14H2,1-3H3. The van der Waals surface area contributed by atoms with Crippen molar-refractivity contribution in [2.24, 2.45) is 7.05 Å². The van der Waals surface area contributed by atoms with E-state index in [1.54, 1.807) is 7.05 Å². The number of benzene rings is 2. The minimum atomic E-state index is -0.462. The van der Waals surface area contributed by atoms with Crippen LogP contribution in [0.25, 0.3) is 0 Å². The maximum Gasteiger partial charge on any atom is 0.297 e. The molecule has 0 saturated heterocycles. The number of hydrogen-bond donors (Lipinski definition) is 0. The second-order valence-electron chi connectivity index (χ2n) is 7.91. The lowest BCUT2D eigenvalue weighted by atomic mass is 9.97. The van der Waals surface area contributed by atoms with Gasteiger partial charge in [-0.15, -0.1) is 0 Å². The molecule has 9 heteroatoms. The third-order valence-electron chi connectivity index (χ3n) is 5.77. The predicted molar refractivity (Wildman–Crippen MR) is 133 cm³/mol. The highest BCUT2D eigenvalue weighted by atomic mass is 35.5. The van der Waals surface area contributed by atoms with Crippen molar-refractivity contribution in [3.8, 4) is 5.75 Å². The maximum absolute atomic E-state index is 13.3. The lowest BCUT2D eigenvalue weighted by molar-refractivity contribution is 0.0984. The summed E-state index contributed by atoms with van der Waals surface area (Å²) in [6, 6.07) is 17.0. The highest BCUT2D eigenvalue weighted by Gasteiger charge is 2.29. The van der Waals surface area contributed by atoms with Crippen molar-refractivity contribution in [1.82, 2.24) is 14.7 Å². The number of rotatable bonds is 9. The fraction of sp³-hybridized carbons (Fsp3) is 0.231. The molecule has 35 heavy (non-hydrogen) atoms. The number of methoxy groups -OCH3 is 1. The van der Waals surface area contributed by atoms with Crippen molar-refractivity contribution < 1.29 is 14.1 Å². The van der Waals surface area contributed by atoms with E-state index in [0.717, 1.165) is 11.1 Å². The summed E-state index contributed by atoms with van der Waals surface area (Å²) in [4.78, 5) is 33.1. The second-order valence-corrected chi connectivity index (χ2v) is 8.32. The molecule has 180 valence electrons. The Morgan fingerprint density at radius 2 is 1.89 bits per heavy atom. The van der Waals surface area contributed by atoms with Gasteiger partial charge in [0.1, 0.15) is 6.26 Å². The van der Waals surface area contributed by atoms with Gasteiger partial charge in [-0.05, 0) is 24.1 Å². The number of hydrogen-bond acceptors (Lipinski definition) is 7. The SMILES string of the molecule is CCN(c1nc(C(=O)Cc2cnoc2)c(OC)c(=O)n1C)C(c1ccccc1)c1ccccc1Cl. The molecule has 0 aliphatic heterocycles. The van der Waals surface area contributed by atoms with E-state index in [1.807, 2.05) is 66.4 Å². The number of anilines is 1. The fourth-order valence-electron chi connectivity index (χ4n) is 4.08. The average molecular weight is 493 g/mol. The number of carbonyl (C=O) groups excluding carboxylic acids is 1. The molecular formula is C26H25ClN4O4. The first-order chi connectivity index (χ1) is 17.0. The highest BCUT2D eigenvalue weighted by Crippen LogP contribution is 2.35. The first-order valence-electron chi connectivity index (χ1n) is 11.1. The van der Waals surface area contributed by atoms with Crippen molar-refractivity contribution >= 4 is 23.3 Å². The van der Waals surface area contributed by atoms with Crippen molar-refractivity contribution in [2.75, 3.05) is 18.6 Å². The Balaban J connectivity index is 1.90. The summed E-state index contributed by atoms with van der Waals surface area (Å²) in [7, 11) is 2.96. The number of ether oxygens (including phenoxy) is 1. The molecule has 0 spiro atoms. The minimum Gasteiger partial charge on any atom is -0.489 e. The van der Waals surface area contributed by atoms with Gasteiger partial charge >= 0.3 is 0 Å². The first kappa shape index (κ1) is 24.2. The highest BCUT2D eigenvalue weighted by molar-refractivity contribution is 6.31. The number of halogens is 1. The number of aromatic nitrogens is 3. The van der Waals surface area contributed by atoms with Crippen molar-refractivity contribution in [3.63, 3.8) is 0 Å². The van der Waals surface area contributed by atoms with E-state index in [9.17, 15) is 9.59 Å². The number of ketones is 1. The molecule has 0 N–H and O–H groups in total. The van der Waals surface area contributed by atoms with Gasteiger partial charge in [-0.25, -0.2) is 4.98 Å². The molecule has 0 amide bonds. The van der Waals surface area contributed by atoms with Crippen LogP contribution in [0.1, 0.15) is 40.1 Å². The first-order valence-corrected chi connectivity index (χ1v) is 11.5. The normalized spacial score (nSPS) is 11.8. The van der Waals surface area contributed by atoms with Gasteiger partial charge in [0.25, 0.3) is 5.56 Å². The summed E-state index contributed by atoms with van der Waals surface area (Å²) in [5.41, 5.74) is 1.88. The van der Waals surface area contributed by atoms with Crippen LogP contribution in [0.15, 0.2) is 76.4 Å². The van der Waals surface area contributed by atoms with Crippen LogP contribution in [0.2, 0.25) is 5.02 Å². The number of Topliss-reactive ketones (excluding diaryl/α,β-unsaturated/α-hetero) is 1. The molecule has 0 bridgehead atoms. The Morgan fingerprint density at radius 1 is 1.17 bits per heavy atom. The van der Waals surface area contributed by atoms with Gasteiger partial charge in [0, 0.05) is 30.6 Å². The molecule has 2 aromatic carbocycles. The Bertz CT molecular complexity index is 1370. The molecule has 0 saturated carbocycles. The molecule has 0 aliphatic carbocycles. The Labute approximate surface area is 207 Å². The molecule has 4 aromatic rings. The van der Waals surface area contributed by atoms with Gasteiger partial charge in [-0.3, -0.25) is 14.2 Å². The smallest absolute Gasteiger partial charge is 0.297 e. The van der Waals surface area contributed by atoms with Gasteiger partial charge in [-0.1, -0.05) is 65.3 Å². The Hall–Kier alpha value is -3.91. The van der Waals surface area contributed by atoms with E-state index in [4.69, 9.17) is 20.9 Å². The van der Waals surface area contributed by atoms with Crippen molar-refractivity contribution in [3.05, 3.63) is 105 Å². The summed E-state index contributed by atoms with van der Waals surface area (Å²) in [5.74, 6) is -0.169. The van der Waals surface area contributed by atoms with Crippen LogP contribution in [0.5, 0.6) is 5.75 Å². The minimum absolute atomic E-state index is 0.0295. The molecule has 1 atom stereocenters. The average Bonchev–Trinajstić information content (AvgIpc) is 3.38. The third kappa shape index (κ3) is 4.83. The van der Waals surface area contributed by atoms with Crippen molar-refractivity contribution in [1.29, 1.82) is 0 Å². The van der Waals surface area contributed by atoms with Crippen LogP contribution in [-0.2, 0) is 13.5 Å². The third-order valence-corrected chi connectivity index (χ3v) is 6.11. The van der Waals surface area contributed by atoms with Gasteiger partial charge < -0.3 is 14.2 Å². The van der Waals surface area contributed by atoms with E-state index in [0.29, 0.717) is 23.1 Å². The van der Waals surface area contributed by atoms with Crippen LogP contribution in [0.4, 0.5) is 5.95 Å². The van der Waals surface area contributed by atoms with Gasteiger partial charge in [0.15, 0.2) is 11.5 Å². The topological polar surface area (TPSA) is 90.5 Å². The molecular weight excluding hydrogens is 468 g/mol. The summed E-state index contributed by atoms with van der Waals surface area (Å²) < 4.78 is 11.5. The Kier molecular flexibility index (Phi) is 7.31. The molecule has 4 rings (SSSR count). The summed E-state index contributed by atoms with van der Waals surface area (Å²) in [5, 5.41) is 4.22. The van der Waals surface area contributed by atoms with E-state index in [-0.39, 0.29) is 29.7 Å². The summed E-state index contributed by atoms with van der Waals surface area (Å²) in [6.45, 7) is 2.44. The van der Waals surface area contributed by atoms with Crippen LogP contribution in [0.3, 0.4) is 0 Å². The molecule has 0 aliphatic rings. The van der Waals surface area contributed by atoms with E-state index >= 15 is 0 Å². The van der Waals surface area contributed by atoms with Crippen molar-refractivity contribution in [2.45, 2.75) is 19.4 Å². The van der Waals surface area contributed by atoms with Crippen LogP contribution < -0.4 is 15.2 Å². The number of nitrogens with zero attached hydrogens (tertiary/aromatic N) is 4. The monoisotopic (exact) mass is 492 g/mol. The van der Waals surface area contributed by atoms with E-state index in [2.05, 4.69) is 10.1 Å². The molecule has 2 aromatic heterocycles.